The molecule has 3 aliphatic rings. The summed E-state index contributed by atoms with van der Waals surface area (Å²) in [4.78, 5) is 15.2. The first-order valence-electron chi connectivity index (χ1n) is 11.1. The molecule has 2 fully saturated rings. The second-order valence-corrected chi connectivity index (χ2v) is 8.94. The van der Waals surface area contributed by atoms with Crippen molar-refractivity contribution >= 4 is 5.91 Å². The van der Waals surface area contributed by atoms with Gasteiger partial charge in [0.15, 0.2) is 0 Å². The molecule has 2 aromatic rings. The number of nitrogens with zero attached hydrogens (tertiary/aromatic N) is 1. The molecule has 1 heterocycles. The highest BCUT2D eigenvalue weighted by Gasteiger charge is 2.24. The highest BCUT2D eigenvalue weighted by atomic mass is 16.5. The van der Waals surface area contributed by atoms with E-state index in [2.05, 4.69) is 28.4 Å². The molecule has 29 heavy (non-hydrogen) atoms. The van der Waals surface area contributed by atoms with Gasteiger partial charge in [0.05, 0.1) is 6.61 Å². The molecule has 4 heteroatoms. The molecular weight excluding hydrogens is 360 g/mol. The molecule has 0 radical (unpaired) electrons. The van der Waals surface area contributed by atoms with Crippen LogP contribution in [0.4, 0.5) is 0 Å². The first-order chi connectivity index (χ1) is 14.2. The van der Waals surface area contributed by atoms with Gasteiger partial charge in [-0.2, -0.15) is 0 Å². The van der Waals surface area contributed by atoms with Crippen LogP contribution in [0.1, 0.15) is 52.7 Å². The molecule has 2 aromatic carbocycles. The van der Waals surface area contributed by atoms with Crippen molar-refractivity contribution in [2.24, 2.45) is 5.92 Å². The van der Waals surface area contributed by atoms with Crippen molar-refractivity contribution in [3.05, 3.63) is 64.7 Å². The molecule has 1 saturated carbocycles. The van der Waals surface area contributed by atoms with E-state index in [0.717, 1.165) is 37.7 Å². The minimum atomic E-state index is 0.00818. The Labute approximate surface area is 173 Å². The lowest BCUT2D eigenvalue weighted by molar-refractivity contribution is 0.0938. The minimum absolute atomic E-state index is 0.00818. The Morgan fingerprint density at radius 3 is 2.52 bits per heavy atom. The van der Waals surface area contributed by atoms with Gasteiger partial charge in [-0.15, -0.1) is 0 Å². The van der Waals surface area contributed by atoms with Crippen molar-refractivity contribution in [1.82, 2.24) is 10.2 Å². The fraction of sp³-hybridized carbons (Fsp3) is 0.480. The highest BCUT2D eigenvalue weighted by Crippen LogP contribution is 2.29. The molecule has 2 aliphatic carbocycles. The van der Waals surface area contributed by atoms with Crippen molar-refractivity contribution in [2.45, 2.75) is 51.1 Å². The van der Waals surface area contributed by atoms with Crippen LogP contribution in [-0.2, 0) is 19.4 Å². The summed E-state index contributed by atoms with van der Waals surface area (Å²) in [5.41, 5.74) is 4.88. The zero-order valence-electron chi connectivity index (χ0n) is 17.0. The molecular formula is C25H30N2O2. The van der Waals surface area contributed by atoms with Crippen LogP contribution in [0.5, 0.6) is 5.75 Å². The van der Waals surface area contributed by atoms with Crippen molar-refractivity contribution in [3.63, 3.8) is 0 Å². The van der Waals surface area contributed by atoms with E-state index in [9.17, 15) is 4.79 Å². The maximum absolute atomic E-state index is 12.7. The second-order valence-electron chi connectivity index (χ2n) is 8.94. The van der Waals surface area contributed by atoms with Crippen LogP contribution < -0.4 is 10.1 Å². The number of rotatable bonds is 7. The maximum atomic E-state index is 12.7. The average Bonchev–Trinajstić information content (AvgIpc) is 3.26. The van der Waals surface area contributed by atoms with Gasteiger partial charge in [-0.05, 0) is 98.5 Å². The average molecular weight is 391 g/mol. The van der Waals surface area contributed by atoms with Gasteiger partial charge in [-0.1, -0.05) is 18.2 Å². The Hall–Kier alpha value is -2.33. The summed E-state index contributed by atoms with van der Waals surface area (Å²) in [5, 5.41) is 3.22. The third kappa shape index (κ3) is 4.64. The lowest BCUT2D eigenvalue weighted by atomic mass is 10.1. The van der Waals surface area contributed by atoms with E-state index in [1.807, 2.05) is 24.3 Å². The topological polar surface area (TPSA) is 41.6 Å². The Bertz CT molecular complexity index is 867. The van der Waals surface area contributed by atoms with Gasteiger partial charge < -0.3 is 10.1 Å². The Kier molecular flexibility index (Phi) is 5.28. The van der Waals surface area contributed by atoms with Gasteiger partial charge >= 0.3 is 0 Å². The molecule has 1 N–H and O–H groups in total. The maximum Gasteiger partial charge on any atom is 0.251 e. The van der Waals surface area contributed by atoms with Gasteiger partial charge in [0.1, 0.15) is 5.75 Å². The van der Waals surface area contributed by atoms with Crippen molar-refractivity contribution < 1.29 is 9.53 Å². The summed E-state index contributed by atoms with van der Waals surface area (Å²) >= 11 is 0. The number of hydrogen-bond acceptors (Lipinski definition) is 3. The summed E-state index contributed by atoms with van der Waals surface area (Å²) in [6.45, 7) is 4.30. The fourth-order valence-corrected chi connectivity index (χ4v) is 4.54. The number of fused-ring (bicyclic) bond motifs is 1. The van der Waals surface area contributed by atoms with Crippen molar-refractivity contribution in [1.29, 1.82) is 0 Å². The van der Waals surface area contributed by atoms with Crippen LogP contribution in [0.15, 0.2) is 42.5 Å². The molecule has 4 nitrogen and oxygen atoms in total. The lowest BCUT2D eigenvalue weighted by Crippen LogP contribution is -2.35. The van der Waals surface area contributed by atoms with Crippen LogP contribution in [-0.4, -0.2) is 36.5 Å². The summed E-state index contributed by atoms with van der Waals surface area (Å²) in [7, 11) is 0. The van der Waals surface area contributed by atoms with Crippen LogP contribution in [0.3, 0.4) is 0 Å². The summed E-state index contributed by atoms with van der Waals surface area (Å²) < 4.78 is 5.76. The molecule has 0 aromatic heterocycles. The fourth-order valence-electron chi connectivity index (χ4n) is 4.54. The number of amides is 1. The normalized spacial score (nSPS) is 21.2. The molecule has 1 aliphatic heterocycles. The van der Waals surface area contributed by atoms with E-state index < -0.39 is 0 Å². The molecule has 0 spiro atoms. The predicted molar refractivity (Wildman–Crippen MR) is 114 cm³/mol. The number of benzene rings is 2. The summed E-state index contributed by atoms with van der Waals surface area (Å²) in [6.07, 6.45) is 7.07. The van der Waals surface area contributed by atoms with Crippen LogP contribution in [0.2, 0.25) is 0 Å². The van der Waals surface area contributed by atoms with Crippen molar-refractivity contribution in [3.8, 4) is 5.75 Å². The minimum Gasteiger partial charge on any atom is -0.493 e. The van der Waals surface area contributed by atoms with Gasteiger partial charge in [0.25, 0.3) is 5.91 Å². The standard InChI is InChI=1S/C25H30N2O2/c28-25(20-7-9-24(10-8-20)29-17-18-3-4-18)26-23-14-21-6-5-19(13-22(21)15-23)16-27-11-1-2-12-27/h5-10,13,18,23H,1-4,11-12,14-17H2,(H,26,28)/t23-/m1/s1. The highest BCUT2D eigenvalue weighted by molar-refractivity contribution is 5.94. The van der Waals surface area contributed by atoms with E-state index in [1.54, 1.807) is 0 Å². The number of nitrogens with one attached hydrogen (secondary N) is 1. The number of carbonyl (C=O) groups is 1. The van der Waals surface area contributed by atoms with E-state index >= 15 is 0 Å². The molecule has 0 unspecified atom stereocenters. The number of hydrogen-bond donors (Lipinski definition) is 1. The van der Waals surface area contributed by atoms with E-state index in [1.165, 1.54) is 55.5 Å². The Morgan fingerprint density at radius 2 is 1.76 bits per heavy atom. The zero-order chi connectivity index (χ0) is 19.6. The summed E-state index contributed by atoms with van der Waals surface area (Å²) in [5.74, 6) is 1.60. The van der Waals surface area contributed by atoms with Crippen LogP contribution in [0, 0.1) is 5.92 Å². The molecule has 1 saturated heterocycles. The number of ether oxygens (including phenoxy) is 1. The molecule has 0 bridgehead atoms. The zero-order valence-corrected chi connectivity index (χ0v) is 17.0. The third-order valence-electron chi connectivity index (χ3n) is 6.44. The van der Waals surface area contributed by atoms with E-state index in [4.69, 9.17) is 4.74 Å². The van der Waals surface area contributed by atoms with E-state index in [-0.39, 0.29) is 11.9 Å². The van der Waals surface area contributed by atoms with Gasteiger partial charge in [-0.3, -0.25) is 9.69 Å². The molecule has 1 amide bonds. The number of carbonyl (C=O) groups excluding carboxylic acids is 1. The Balaban J connectivity index is 1.15. The molecule has 152 valence electrons. The largest absolute Gasteiger partial charge is 0.493 e. The monoisotopic (exact) mass is 390 g/mol. The summed E-state index contributed by atoms with van der Waals surface area (Å²) in [6, 6.07) is 14.6. The number of likely N-dealkylation sites (tertiary alicyclic amines) is 1. The second kappa shape index (κ2) is 8.19. The predicted octanol–water partition coefficient (Wildman–Crippen LogP) is 3.97. The first-order valence-corrected chi connectivity index (χ1v) is 11.1. The van der Waals surface area contributed by atoms with Gasteiger partial charge in [0.2, 0.25) is 0 Å². The quantitative estimate of drug-likeness (QED) is 0.778. The third-order valence-corrected chi connectivity index (χ3v) is 6.44. The smallest absolute Gasteiger partial charge is 0.251 e. The van der Waals surface area contributed by atoms with Crippen molar-refractivity contribution in [2.75, 3.05) is 19.7 Å². The lowest BCUT2D eigenvalue weighted by Gasteiger charge is -2.15. The Morgan fingerprint density at radius 1 is 1.00 bits per heavy atom. The van der Waals surface area contributed by atoms with Gasteiger partial charge in [0, 0.05) is 18.2 Å². The molecule has 5 rings (SSSR count). The molecule has 1 atom stereocenters. The van der Waals surface area contributed by atoms with Gasteiger partial charge in [-0.25, -0.2) is 0 Å². The van der Waals surface area contributed by atoms with Crippen LogP contribution >= 0.6 is 0 Å². The first kappa shape index (κ1) is 18.7. The SMILES string of the molecule is O=C(N[C@@H]1Cc2ccc(CN3CCCC3)cc2C1)c1ccc(OCC2CC2)cc1. The van der Waals surface area contributed by atoms with Crippen LogP contribution in [0.25, 0.3) is 0 Å². The van der Waals surface area contributed by atoms with E-state index in [0.29, 0.717) is 5.56 Å².